The molecule has 0 saturated heterocycles. The van der Waals surface area contributed by atoms with Gasteiger partial charge in [-0.3, -0.25) is 0 Å². The summed E-state index contributed by atoms with van der Waals surface area (Å²) in [4.78, 5) is 11.9. The second-order valence-electron chi connectivity index (χ2n) is 5.05. The van der Waals surface area contributed by atoms with Crippen molar-refractivity contribution < 1.29 is 13.9 Å². The van der Waals surface area contributed by atoms with Gasteiger partial charge in [-0.25, -0.2) is 4.79 Å². The number of furan rings is 1. The lowest BCUT2D eigenvalue weighted by molar-refractivity contribution is -0.128. The predicted octanol–water partition coefficient (Wildman–Crippen LogP) is 4.72. The van der Waals surface area contributed by atoms with Crippen LogP contribution in [0, 0.1) is 6.92 Å². The minimum atomic E-state index is -0.403. The maximum atomic E-state index is 11.9. The molecule has 0 radical (unpaired) electrons. The molecule has 0 N–H and O–H groups in total. The molecule has 0 aliphatic rings. The Morgan fingerprint density at radius 3 is 2.71 bits per heavy atom. The van der Waals surface area contributed by atoms with Crippen LogP contribution in [0.5, 0.6) is 5.75 Å². The molecule has 3 nitrogen and oxygen atoms in total. The smallest absolute Gasteiger partial charge is 0.336 e. The number of para-hydroxylation sites is 1. The molecule has 0 bridgehead atoms. The molecule has 0 fully saturated rings. The van der Waals surface area contributed by atoms with E-state index >= 15 is 0 Å². The minimum Gasteiger partial charge on any atom is -0.462 e. The largest absolute Gasteiger partial charge is 0.462 e. The lowest BCUT2D eigenvalue weighted by atomic mass is 9.98. The molecule has 110 valence electrons. The fraction of sp³-hybridized carbons (Fsp3) is 0.278. The maximum absolute atomic E-state index is 11.9. The van der Waals surface area contributed by atoms with E-state index in [2.05, 4.69) is 13.8 Å². The van der Waals surface area contributed by atoms with Crippen molar-refractivity contribution in [3.63, 3.8) is 0 Å². The zero-order valence-corrected chi connectivity index (χ0v) is 12.6. The van der Waals surface area contributed by atoms with Crippen LogP contribution in [0.4, 0.5) is 0 Å². The molecule has 2 rings (SSSR count). The molecule has 1 unspecified atom stereocenters. The Balaban J connectivity index is 2.08. The fourth-order valence-electron chi connectivity index (χ4n) is 2.04. The minimum absolute atomic E-state index is 0.353. The molecule has 0 saturated carbocycles. The highest BCUT2D eigenvalue weighted by atomic mass is 16.5. The van der Waals surface area contributed by atoms with Crippen LogP contribution in [0.2, 0.25) is 0 Å². The van der Waals surface area contributed by atoms with Gasteiger partial charge < -0.3 is 9.15 Å². The average Bonchev–Trinajstić information content (AvgIpc) is 2.90. The van der Waals surface area contributed by atoms with E-state index < -0.39 is 5.97 Å². The average molecular weight is 284 g/mol. The molecule has 0 amide bonds. The summed E-state index contributed by atoms with van der Waals surface area (Å²) in [5, 5.41) is 0. The molecule has 1 aromatic heterocycles. The van der Waals surface area contributed by atoms with Crippen molar-refractivity contribution in [1.82, 2.24) is 0 Å². The number of carbonyl (C=O) groups is 1. The third kappa shape index (κ3) is 4.09. The lowest BCUT2D eigenvalue weighted by Gasteiger charge is -2.13. The molecule has 1 heterocycles. The molecule has 0 aliphatic carbocycles. The van der Waals surface area contributed by atoms with E-state index in [1.807, 2.05) is 43.3 Å². The van der Waals surface area contributed by atoms with Crippen LogP contribution in [-0.2, 0) is 4.79 Å². The van der Waals surface area contributed by atoms with Crippen molar-refractivity contribution in [3.05, 3.63) is 59.6 Å². The van der Waals surface area contributed by atoms with Gasteiger partial charge in [0.15, 0.2) is 0 Å². The van der Waals surface area contributed by atoms with Gasteiger partial charge in [-0.15, -0.1) is 0 Å². The molecular formula is C18H20O3. The second-order valence-corrected chi connectivity index (χ2v) is 5.05. The third-order valence-electron chi connectivity index (χ3n) is 3.42. The van der Waals surface area contributed by atoms with Gasteiger partial charge >= 0.3 is 5.97 Å². The van der Waals surface area contributed by atoms with Crippen LogP contribution in [0.15, 0.2) is 46.9 Å². The van der Waals surface area contributed by atoms with Crippen molar-refractivity contribution in [2.24, 2.45) is 0 Å². The number of aryl methyl sites for hydroxylation is 1. The number of esters is 1. The fourth-order valence-corrected chi connectivity index (χ4v) is 2.04. The molecule has 0 aliphatic heterocycles. The van der Waals surface area contributed by atoms with Gasteiger partial charge in [-0.1, -0.05) is 32.0 Å². The number of rotatable bonds is 5. The highest BCUT2D eigenvalue weighted by Crippen LogP contribution is 2.28. The first-order chi connectivity index (χ1) is 10.1. The number of hydrogen-bond acceptors (Lipinski definition) is 3. The van der Waals surface area contributed by atoms with Crippen LogP contribution >= 0.6 is 0 Å². The van der Waals surface area contributed by atoms with Gasteiger partial charge in [-0.05, 0) is 49.1 Å². The summed E-state index contributed by atoms with van der Waals surface area (Å²) in [5.74, 6) is 2.02. The number of benzene rings is 1. The molecule has 3 heteroatoms. The van der Waals surface area contributed by atoms with Crippen LogP contribution in [0.25, 0.3) is 6.08 Å². The number of ether oxygens (including phenoxy) is 1. The Morgan fingerprint density at radius 2 is 2.05 bits per heavy atom. The van der Waals surface area contributed by atoms with E-state index in [9.17, 15) is 4.79 Å². The van der Waals surface area contributed by atoms with Crippen LogP contribution in [-0.4, -0.2) is 5.97 Å². The van der Waals surface area contributed by atoms with Crippen LogP contribution < -0.4 is 4.74 Å². The number of hydrogen-bond donors (Lipinski definition) is 0. The zero-order chi connectivity index (χ0) is 15.2. The zero-order valence-electron chi connectivity index (χ0n) is 12.6. The Bertz CT molecular complexity index is 637. The first-order valence-electron chi connectivity index (χ1n) is 7.15. The molecule has 1 aromatic carbocycles. The molecule has 0 spiro atoms. The summed E-state index contributed by atoms with van der Waals surface area (Å²) in [6.07, 6.45) is 3.99. The normalized spacial score (nSPS) is 12.5. The van der Waals surface area contributed by atoms with E-state index in [1.54, 1.807) is 6.08 Å². The summed E-state index contributed by atoms with van der Waals surface area (Å²) in [6.45, 7) is 6.09. The Hall–Kier alpha value is -2.29. The lowest BCUT2D eigenvalue weighted by Crippen LogP contribution is -2.06. The van der Waals surface area contributed by atoms with Crippen LogP contribution in [0.3, 0.4) is 0 Å². The van der Waals surface area contributed by atoms with Gasteiger partial charge in [0.25, 0.3) is 0 Å². The standard InChI is InChI=1S/C18H20O3/c1-4-13(2)16-7-5-6-8-17(16)21-18(19)12-11-15-10-9-14(3)20-15/h5-13H,4H2,1-3H3. The van der Waals surface area contributed by atoms with Gasteiger partial charge in [0.2, 0.25) is 0 Å². The summed E-state index contributed by atoms with van der Waals surface area (Å²) < 4.78 is 10.8. The van der Waals surface area contributed by atoms with Crippen molar-refractivity contribution in [2.45, 2.75) is 33.1 Å². The maximum Gasteiger partial charge on any atom is 0.336 e. The molecule has 2 aromatic rings. The first kappa shape index (κ1) is 15.1. The van der Waals surface area contributed by atoms with Gasteiger partial charge in [0.05, 0.1) is 0 Å². The summed E-state index contributed by atoms with van der Waals surface area (Å²) in [6, 6.07) is 11.3. The van der Waals surface area contributed by atoms with Crippen molar-refractivity contribution in [1.29, 1.82) is 0 Å². The van der Waals surface area contributed by atoms with E-state index in [0.29, 0.717) is 17.4 Å². The predicted molar refractivity (Wildman–Crippen MR) is 83.3 cm³/mol. The Morgan fingerprint density at radius 1 is 1.29 bits per heavy atom. The number of carbonyl (C=O) groups excluding carboxylic acids is 1. The van der Waals surface area contributed by atoms with Crippen LogP contribution in [0.1, 0.15) is 43.3 Å². The topological polar surface area (TPSA) is 39.4 Å². The first-order valence-corrected chi connectivity index (χ1v) is 7.15. The van der Waals surface area contributed by atoms with E-state index in [1.165, 1.54) is 6.08 Å². The van der Waals surface area contributed by atoms with Gasteiger partial charge in [0.1, 0.15) is 17.3 Å². The van der Waals surface area contributed by atoms with E-state index in [0.717, 1.165) is 17.7 Å². The molecule has 21 heavy (non-hydrogen) atoms. The highest BCUT2D eigenvalue weighted by Gasteiger charge is 2.11. The monoisotopic (exact) mass is 284 g/mol. The summed E-state index contributed by atoms with van der Waals surface area (Å²) in [5.41, 5.74) is 1.05. The van der Waals surface area contributed by atoms with Crippen molar-refractivity contribution in [2.75, 3.05) is 0 Å². The van der Waals surface area contributed by atoms with Crippen molar-refractivity contribution >= 4 is 12.0 Å². The Kier molecular flexibility index (Phi) is 4.99. The molecular weight excluding hydrogens is 264 g/mol. The quantitative estimate of drug-likeness (QED) is 0.453. The second kappa shape index (κ2) is 6.93. The third-order valence-corrected chi connectivity index (χ3v) is 3.42. The molecule has 1 atom stereocenters. The highest BCUT2D eigenvalue weighted by molar-refractivity contribution is 5.88. The summed E-state index contributed by atoms with van der Waals surface area (Å²) in [7, 11) is 0. The summed E-state index contributed by atoms with van der Waals surface area (Å²) >= 11 is 0. The SMILES string of the molecule is CCC(C)c1ccccc1OC(=O)C=Cc1ccc(C)o1. The van der Waals surface area contributed by atoms with Gasteiger partial charge in [-0.2, -0.15) is 0 Å². The van der Waals surface area contributed by atoms with E-state index in [-0.39, 0.29) is 0 Å². The van der Waals surface area contributed by atoms with E-state index in [4.69, 9.17) is 9.15 Å². The van der Waals surface area contributed by atoms with Crippen molar-refractivity contribution in [3.8, 4) is 5.75 Å². The van der Waals surface area contributed by atoms with Gasteiger partial charge in [0, 0.05) is 6.08 Å². The Labute approximate surface area is 125 Å².